The number of rotatable bonds is 6. The summed E-state index contributed by atoms with van der Waals surface area (Å²) >= 11 is 0. The summed E-state index contributed by atoms with van der Waals surface area (Å²) < 4.78 is 30.0. The third-order valence-electron chi connectivity index (χ3n) is 5.38. The van der Waals surface area contributed by atoms with Crippen molar-refractivity contribution in [1.29, 1.82) is 0 Å². The average molecular weight is 420 g/mol. The van der Waals surface area contributed by atoms with E-state index in [2.05, 4.69) is 6.08 Å². The summed E-state index contributed by atoms with van der Waals surface area (Å²) in [6.07, 6.45) is 10.4. The molecule has 2 aromatic carbocycles. The van der Waals surface area contributed by atoms with Gasteiger partial charge in [-0.1, -0.05) is 36.4 Å². The smallest absolute Gasteiger partial charge is 0.307 e. The standard InChI is InChI=1S/C25H22F2N2O2/c1-28(23-12-6-10-21(26)25(23)27)19-8-3-2-7-17(13-19)15-29-16-18(14-24(30)31)20-9-4-5-11-22(20)29/h3-13,16H,2,14-15H2,1H3,(H,30,31). The minimum atomic E-state index is -0.886. The number of hydrogen-bond acceptors (Lipinski definition) is 2. The van der Waals surface area contributed by atoms with Gasteiger partial charge in [-0.25, -0.2) is 8.78 Å². The van der Waals surface area contributed by atoms with E-state index in [0.717, 1.165) is 33.8 Å². The lowest BCUT2D eigenvalue weighted by atomic mass is 10.1. The highest BCUT2D eigenvalue weighted by molar-refractivity contribution is 5.87. The summed E-state index contributed by atoms with van der Waals surface area (Å²) in [4.78, 5) is 12.9. The van der Waals surface area contributed by atoms with Crippen LogP contribution in [0.4, 0.5) is 14.5 Å². The largest absolute Gasteiger partial charge is 0.481 e. The Morgan fingerprint density at radius 3 is 2.77 bits per heavy atom. The van der Waals surface area contributed by atoms with E-state index in [0.29, 0.717) is 13.0 Å². The third-order valence-corrected chi connectivity index (χ3v) is 5.38. The van der Waals surface area contributed by atoms with Crippen LogP contribution in [-0.4, -0.2) is 22.7 Å². The zero-order chi connectivity index (χ0) is 22.0. The molecule has 0 atom stereocenters. The number of allylic oxidation sites excluding steroid dienone is 5. The van der Waals surface area contributed by atoms with Gasteiger partial charge in [0.05, 0.1) is 12.1 Å². The van der Waals surface area contributed by atoms with E-state index in [-0.39, 0.29) is 12.1 Å². The molecule has 0 radical (unpaired) electrons. The normalized spacial score (nSPS) is 13.6. The average Bonchev–Trinajstić information content (AvgIpc) is 2.92. The fraction of sp³-hybridized carbons (Fsp3) is 0.160. The monoisotopic (exact) mass is 420 g/mol. The van der Waals surface area contributed by atoms with Gasteiger partial charge in [-0.15, -0.1) is 0 Å². The molecule has 0 saturated carbocycles. The van der Waals surface area contributed by atoms with Gasteiger partial charge in [0.1, 0.15) is 0 Å². The summed E-state index contributed by atoms with van der Waals surface area (Å²) in [6, 6.07) is 11.8. The van der Waals surface area contributed by atoms with Crippen molar-refractivity contribution in [3.05, 3.63) is 101 Å². The molecular formula is C25H22F2N2O2. The number of likely N-dealkylation sites (N-methyl/N-ethyl adjacent to an activating group) is 1. The molecule has 31 heavy (non-hydrogen) atoms. The van der Waals surface area contributed by atoms with Crippen LogP contribution in [0.15, 0.2) is 84.2 Å². The van der Waals surface area contributed by atoms with Gasteiger partial charge >= 0.3 is 5.97 Å². The van der Waals surface area contributed by atoms with Crippen molar-refractivity contribution in [3.8, 4) is 0 Å². The molecular weight excluding hydrogens is 398 g/mol. The Bertz CT molecular complexity index is 1240. The molecule has 0 aliphatic heterocycles. The first-order valence-electron chi connectivity index (χ1n) is 9.97. The molecule has 0 fully saturated rings. The molecule has 158 valence electrons. The quantitative estimate of drug-likeness (QED) is 0.577. The molecule has 1 aliphatic carbocycles. The summed E-state index contributed by atoms with van der Waals surface area (Å²) in [7, 11) is 1.70. The van der Waals surface area contributed by atoms with Crippen LogP contribution in [0.5, 0.6) is 0 Å². The number of carboxylic acid groups (broad SMARTS) is 1. The van der Waals surface area contributed by atoms with Crippen molar-refractivity contribution in [1.82, 2.24) is 4.57 Å². The van der Waals surface area contributed by atoms with E-state index in [9.17, 15) is 18.7 Å². The van der Waals surface area contributed by atoms with Crippen molar-refractivity contribution >= 4 is 22.6 Å². The van der Waals surface area contributed by atoms with Crippen LogP contribution in [-0.2, 0) is 17.8 Å². The molecule has 4 rings (SSSR count). The number of anilines is 1. The first-order chi connectivity index (χ1) is 14.9. The van der Waals surface area contributed by atoms with Gasteiger partial charge in [-0.05, 0) is 47.9 Å². The Kier molecular flexibility index (Phi) is 5.71. The highest BCUT2D eigenvalue weighted by Gasteiger charge is 2.16. The van der Waals surface area contributed by atoms with E-state index >= 15 is 0 Å². The highest BCUT2D eigenvalue weighted by atomic mass is 19.2. The summed E-state index contributed by atoms with van der Waals surface area (Å²) in [6.45, 7) is 0.533. The zero-order valence-corrected chi connectivity index (χ0v) is 17.1. The molecule has 1 N–H and O–H groups in total. The summed E-state index contributed by atoms with van der Waals surface area (Å²) in [5, 5.41) is 10.2. The van der Waals surface area contributed by atoms with Crippen molar-refractivity contribution in [3.63, 3.8) is 0 Å². The van der Waals surface area contributed by atoms with Crippen molar-refractivity contribution < 1.29 is 18.7 Å². The minimum Gasteiger partial charge on any atom is -0.481 e. The Hall–Kier alpha value is -3.67. The zero-order valence-electron chi connectivity index (χ0n) is 17.1. The second-order valence-electron chi connectivity index (χ2n) is 7.49. The summed E-state index contributed by atoms with van der Waals surface area (Å²) in [5.41, 5.74) is 3.60. The SMILES string of the molecule is CN(C1=CC(Cn2cc(CC(=O)O)c3ccccc32)=CCC=C1)c1cccc(F)c1F. The maximum Gasteiger partial charge on any atom is 0.307 e. The molecule has 0 unspecified atom stereocenters. The number of halogens is 2. The Balaban J connectivity index is 1.67. The van der Waals surface area contributed by atoms with Crippen LogP contribution in [0.3, 0.4) is 0 Å². The van der Waals surface area contributed by atoms with Crippen molar-refractivity contribution in [2.24, 2.45) is 0 Å². The summed E-state index contributed by atoms with van der Waals surface area (Å²) in [5.74, 6) is -2.64. The van der Waals surface area contributed by atoms with Gasteiger partial charge in [0.15, 0.2) is 11.6 Å². The number of aliphatic carboxylic acids is 1. The van der Waals surface area contributed by atoms with E-state index in [4.69, 9.17) is 0 Å². The molecule has 4 nitrogen and oxygen atoms in total. The topological polar surface area (TPSA) is 45.5 Å². The molecule has 0 spiro atoms. The second-order valence-corrected chi connectivity index (χ2v) is 7.49. The molecule has 1 aliphatic rings. The van der Waals surface area contributed by atoms with Gasteiger partial charge in [-0.3, -0.25) is 4.79 Å². The van der Waals surface area contributed by atoms with Crippen LogP contribution < -0.4 is 4.90 Å². The van der Waals surface area contributed by atoms with Crippen molar-refractivity contribution in [2.45, 2.75) is 19.4 Å². The van der Waals surface area contributed by atoms with E-state index in [1.54, 1.807) is 18.0 Å². The van der Waals surface area contributed by atoms with Crippen LogP contribution in [0.1, 0.15) is 12.0 Å². The highest BCUT2D eigenvalue weighted by Crippen LogP contribution is 2.27. The van der Waals surface area contributed by atoms with E-state index in [1.165, 1.54) is 6.07 Å². The fourth-order valence-electron chi connectivity index (χ4n) is 3.87. The van der Waals surface area contributed by atoms with Gasteiger partial charge in [-0.2, -0.15) is 0 Å². The van der Waals surface area contributed by atoms with Crippen LogP contribution in [0.25, 0.3) is 10.9 Å². The lowest BCUT2D eigenvalue weighted by molar-refractivity contribution is -0.136. The maximum atomic E-state index is 14.3. The second kappa shape index (κ2) is 8.60. The predicted molar refractivity (Wildman–Crippen MR) is 118 cm³/mol. The van der Waals surface area contributed by atoms with Gasteiger partial charge < -0.3 is 14.6 Å². The number of fused-ring (bicyclic) bond motifs is 1. The fourth-order valence-corrected chi connectivity index (χ4v) is 3.87. The molecule has 6 heteroatoms. The van der Waals surface area contributed by atoms with Crippen molar-refractivity contribution in [2.75, 3.05) is 11.9 Å². The molecule has 0 amide bonds. The van der Waals surface area contributed by atoms with Crippen LogP contribution in [0.2, 0.25) is 0 Å². The molecule has 0 bridgehead atoms. The number of carbonyl (C=O) groups is 1. The lowest BCUT2D eigenvalue weighted by Crippen LogP contribution is -2.17. The number of benzene rings is 2. The van der Waals surface area contributed by atoms with Crippen LogP contribution >= 0.6 is 0 Å². The Labute approximate surface area is 179 Å². The molecule has 1 heterocycles. The minimum absolute atomic E-state index is 0.0448. The third kappa shape index (κ3) is 4.28. The Morgan fingerprint density at radius 2 is 1.97 bits per heavy atom. The number of aromatic nitrogens is 1. The lowest BCUT2D eigenvalue weighted by Gasteiger charge is -2.21. The van der Waals surface area contributed by atoms with Gasteiger partial charge in [0.2, 0.25) is 0 Å². The predicted octanol–water partition coefficient (Wildman–Crippen LogP) is 5.45. The number of carboxylic acids is 1. The van der Waals surface area contributed by atoms with E-state index < -0.39 is 17.6 Å². The maximum absolute atomic E-state index is 14.3. The number of hydrogen-bond donors (Lipinski definition) is 1. The molecule has 0 saturated heterocycles. The first kappa shape index (κ1) is 20.6. The Morgan fingerprint density at radius 1 is 1.16 bits per heavy atom. The number of para-hydroxylation sites is 1. The molecule has 1 aromatic heterocycles. The van der Waals surface area contributed by atoms with Crippen LogP contribution in [0, 0.1) is 11.6 Å². The van der Waals surface area contributed by atoms with Gasteiger partial charge in [0.25, 0.3) is 0 Å². The number of nitrogens with zero attached hydrogens (tertiary/aromatic N) is 2. The molecule has 3 aromatic rings. The first-order valence-corrected chi connectivity index (χ1v) is 9.97. The van der Waals surface area contributed by atoms with Gasteiger partial charge in [0, 0.05) is 36.4 Å². The van der Waals surface area contributed by atoms with E-state index in [1.807, 2.05) is 53.3 Å².